The third-order valence-corrected chi connectivity index (χ3v) is 3.49. The van der Waals surface area contributed by atoms with E-state index in [1.54, 1.807) is 12.4 Å². The van der Waals surface area contributed by atoms with Crippen molar-refractivity contribution in [1.82, 2.24) is 9.97 Å². The summed E-state index contributed by atoms with van der Waals surface area (Å²) >= 11 is 10.2. The van der Waals surface area contributed by atoms with Gasteiger partial charge in [-0.2, -0.15) is 0 Å². The Morgan fingerprint density at radius 3 is 1.36 bits per heavy atom. The van der Waals surface area contributed by atoms with Crippen LogP contribution in [0.1, 0.15) is 0 Å². The third-order valence-electron chi connectivity index (χ3n) is 2.80. The molecule has 1 radical (unpaired) electrons. The first-order valence-electron chi connectivity index (χ1n) is 6.49. The Kier molecular flexibility index (Phi) is 7.80. The van der Waals surface area contributed by atoms with E-state index in [9.17, 15) is 19.8 Å². The van der Waals surface area contributed by atoms with Crippen molar-refractivity contribution in [2.75, 3.05) is 0 Å². The van der Waals surface area contributed by atoms with Crippen molar-refractivity contribution in [3.63, 3.8) is 0 Å². The van der Waals surface area contributed by atoms with Crippen LogP contribution in [-0.2, 0) is 26.7 Å². The number of Topliss-reactive ketones (excluding diaryl/α,β-unsaturated/α-hetero) is 2. The van der Waals surface area contributed by atoms with Crippen LogP contribution in [0.5, 0.6) is 0 Å². The maximum atomic E-state index is 10.7. The molecular weight excluding hydrogens is 419 g/mol. The molecule has 0 saturated heterocycles. The Bertz CT molecular complexity index is 753. The Labute approximate surface area is 163 Å². The molecule has 1 aliphatic carbocycles. The smallest absolute Gasteiger partial charge is 0.872 e. The fraction of sp³-hybridized carbons (Fsp3) is 0. The molecule has 0 atom stereocenters. The van der Waals surface area contributed by atoms with Gasteiger partial charge in [-0.05, 0) is 24.3 Å². The molecule has 0 aliphatic heterocycles. The molecule has 0 spiro atoms. The molecule has 0 saturated carbocycles. The second-order valence-corrected chi connectivity index (χ2v) is 5.13. The minimum atomic E-state index is -1.23. The molecule has 0 unspecified atom stereocenters. The summed E-state index contributed by atoms with van der Waals surface area (Å²) in [5.41, 5.74) is 1.83. The molecule has 0 amide bonds. The summed E-state index contributed by atoms with van der Waals surface area (Å²) in [7, 11) is 0. The van der Waals surface area contributed by atoms with Gasteiger partial charge in [-0.15, -0.1) is 0 Å². The van der Waals surface area contributed by atoms with Crippen LogP contribution in [0.15, 0.2) is 70.4 Å². The number of aromatic nitrogens is 2. The van der Waals surface area contributed by atoms with Crippen molar-refractivity contribution in [1.29, 1.82) is 0 Å². The number of carbonyl (C=O) groups is 2. The monoisotopic (exact) mass is 425 g/mol. The first-order chi connectivity index (χ1) is 11.4. The molecular formula is C16H8Cl2CuN2O4. The van der Waals surface area contributed by atoms with Gasteiger partial charge in [-0.3, -0.25) is 19.6 Å². The molecule has 2 heterocycles. The average Bonchev–Trinajstić information content (AvgIpc) is 2.65. The molecule has 1 aliphatic rings. The molecule has 25 heavy (non-hydrogen) atoms. The Morgan fingerprint density at radius 2 is 1.08 bits per heavy atom. The molecule has 3 rings (SSSR count). The summed E-state index contributed by atoms with van der Waals surface area (Å²) in [5, 5.41) is 19.6. The van der Waals surface area contributed by atoms with Gasteiger partial charge in [-0.1, -0.05) is 46.9 Å². The zero-order chi connectivity index (χ0) is 17.7. The second kappa shape index (κ2) is 9.34. The van der Waals surface area contributed by atoms with E-state index in [1.165, 1.54) is 0 Å². The molecule has 0 bridgehead atoms. The summed E-state index contributed by atoms with van der Waals surface area (Å²) in [6.07, 6.45) is 3.54. The second-order valence-electron chi connectivity index (χ2n) is 4.37. The van der Waals surface area contributed by atoms with Gasteiger partial charge in [0.25, 0.3) is 0 Å². The van der Waals surface area contributed by atoms with Gasteiger partial charge in [0.05, 0.1) is 21.5 Å². The minimum Gasteiger partial charge on any atom is -0.872 e. The summed E-state index contributed by atoms with van der Waals surface area (Å²) in [6.45, 7) is 0. The summed E-state index contributed by atoms with van der Waals surface area (Å²) in [5.74, 6) is -4.92. The van der Waals surface area contributed by atoms with Crippen LogP contribution in [0.2, 0.25) is 0 Å². The number of halogens is 2. The number of hydrogen-bond acceptors (Lipinski definition) is 6. The van der Waals surface area contributed by atoms with Gasteiger partial charge in [-0.25, -0.2) is 0 Å². The predicted molar refractivity (Wildman–Crippen MR) is 83.2 cm³/mol. The van der Waals surface area contributed by atoms with Crippen LogP contribution in [0.25, 0.3) is 11.4 Å². The van der Waals surface area contributed by atoms with Gasteiger partial charge in [0.1, 0.15) is 0 Å². The number of carbonyl (C=O) groups excluding carboxylic acids is 2. The molecule has 0 aromatic carbocycles. The Hall–Kier alpha value is -2.18. The minimum absolute atomic E-state index is 0. The van der Waals surface area contributed by atoms with Gasteiger partial charge in [0.15, 0.2) is 0 Å². The zero-order valence-corrected chi connectivity index (χ0v) is 14.7. The van der Waals surface area contributed by atoms with Crippen molar-refractivity contribution in [3.05, 3.63) is 70.4 Å². The van der Waals surface area contributed by atoms with Crippen molar-refractivity contribution in [2.45, 2.75) is 0 Å². The maximum absolute atomic E-state index is 10.7. The van der Waals surface area contributed by atoms with Crippen LogP contribution < -0.4 is 10.2 Å². The maximum Gasteiger partial charge on any atom is 2.00 e. The van der Waals surface area contributed by atoms with Crippen molar-refractivity contribution in [3.8, 4) is 11.4 Å². The van der Waals surface area contributed by atoms with E-state index in [0.717, 1.165) is 11.4 Å². The molecule has 6 nitrogen and oxygen atoms in total. The van der Waals surface area contributed by atoms with E-state index in [-0.39, 0.29) is 17.1 Å². The van der Waals surface area contributed by atoms with Crippen LogP contribution in [0, 0.1) is 0 Å². The molecule has 2 aromatic heterocycles. The Balaban J connectivity index is 0.000000240. The van der Waals surface area contributed by atoms with E-state index in [0.29, 0.717) is 0 Å². The number of rotatable bonds is 1. The van der Waals surface area contributed by atoms with Gasteiger partial charge >= 0.3 is 17.1 Å². The molecule has 0 N–H and O–H groups in total. The van der Waals surface area contributed by atoms with Crippen LogP contribution >= 0.6 is 23.2 Å². The molecule has 131 valence electrons. The fourth-order valence-electron chi connectivity index (χ4n) is 1.63. The zero-order valence-electron chi connectivity index (χ0n) is 12.2. The number of nitrogens with zero attached hydrogens (tertiary/aromatic N) is 2. The summed E-state index contributed by atoms with van der Waals surface area (Å²) in [6, 6.07) is 11.6. The molecule has 0 fully saturated rings. The van der Waals surface area contributed by atoms with Crippen LogP contribution in [0.3, 0.4) is 0 Å². The predicted octanol–water partition coefficient (Wildman–Crippen LogP) is 0.901. The third kappa shape index (κ3) is 4.90. The SMILES string of the molecule is O=C1C(=O)C(Cl)=C([O-])C([O-])=C1Cl.[Cu+2].c1ccc(-c2ccccn2)nc1. The summed E-state index contributed by atoms with van der Waals surface area (Å²) < 4.78 is 0. The fourth-order valence-corrected chi connectivity index (χ4v) is 1.98. The average molecular weight is 427 g/mol. The first kappa shape index (κ1) is 20.9. The largest absolute Gasteiger partial charge is 2.00 e. The van der Waals surface area contributed by atoms with Gasteiger partial charge < -0.3 is 10.2 Å². The quantitative estimate of drug-likeness (QED) is 0.381. The van der Waals surface area contributed by atoms with Crippen molar-refractivity contribution in [2.24, 2.45) is 0 Å². The molecule has 9 heteroatoms. The van der Waals surface area contributed by atoms with E-state index in [4.69, 9.17) is 23.2 Å². The van der Waals surface area contributed by atoms with E-state index < -0.39 is 33.1 Å². The van der Waals surface area contributed by atoms with Gasteiger partial charge in [0.2, 0.25) is 11.6 Å². The molecule has 2 aromatic rings. The summed E-state index contributed by atoms with van der Waals surface area (Å²) in [4.78, 5) is 29.8. The van der Waals surface area contributed by atoms with Crippen LogP contribution in [-0.4, -0.2) is 21.5 Å². The van der Waals surface area contributed by atoms with Crippen molar-refractivity contribution < 1.29 is 36.9 Å². The van der Waals surface area contributed by atoms with E-state index in [2.05, 4.69) is 9.97 Å². The first-order valence-corrected chi connectivity index (χ1v) is 7.24. The standard InChI is InChI=1S/C10H8N2.C6H2Cl2O4.Cu/c1-3-7-11-9(5-1)10-6-2-4-8-12-10;7-1-3(9)5(11)2(8)6(12)4(1)10;/h1-8H;9,11H;/q;;+2/p-2. The normalized spacial score (nSPS) is 13.8. The van der Waals surface area contributed by atoms with Crippen LogP contribution in [0.4, 0.5) is 0 Å². The number of hydrogen-bond donors (Lipinski definition) is 0. The Morgan fingerprint density at radius 1 is 0.720 bits per heavy atom. The number of allylic oxidation sites excluding steroid dienone is 2. The van der Waals surface area contributed by atoms with E-state index >= 15 is 0 Å². The topological polar surface area (TPSA) is 106 Å². The van der Waals surface area contributed by atoms with E-state index in [1.807, 2.05) is 36.4 Å². The number of pyridine rings is 2. The van der Waals surface area contributed by atoms with Gasteiger partial charge in [0, 0.05) is 12.4 Å². The van der Waals surface area contributed by atoms with Crippen molar-refractivity contribution >= 4 is 34.8 Å². The number of ketones is 2.